The molecule has 8 nitrogen and oxygen atoms in total. The summed E-state index contributed by atoms with van der Waals surface area (Å²) in [5.41, 5.74) is 1.13. The smallest absolute Gasteiger partial charge is 0.293 e. The number of nitrogens with zero attached hydrogens (tertiary/aromatic N) is 4. The Kier molecular flexibility index (Phi) is 4.33. The topological polar surface area (TPSA) is 82.6 Å². The minimum absolute atomic E-state index is 0.136. The molecule has 1 amide bonds. The van der Waals surface area contributed by atoms with Gasteiger partial charge in [-0.15, -0.1) is 0 Å². The molecule has 0 fully saturated rings. The fraction of sp³-hybridized carbons (Fsp3) is 0.533. The summed E-state index contributed by atoms with van der Waals surface area (Å²) in [6, 6.07) is 1.36. The molecule has 1 aliphatic heterocycles. The van der Waals surface area contributed by atoms with Gasteiger partial charge in [-0.25, -0.2) is 4.98 Å². The van der Waals surface area contributed by atoms with Crippen LogP contribution in [0.4, 0.5) is 0 Å². The molecule has 2 aromatic rings. The predicted molar refractivity (Wildman–Crippen MR) is 80.3 cm³/mol. The van der Waals surface area contributed by atoms with Gasteiger partial charge in [-0.3, -0.25) is 4.79 Å². The molecule has 1 atom stereocenters. The number of hydrogen-bond acceptors (Lipinski definition) is 6. The molecule has 3 rings (SSSR count). The normalized spacial score (nSPS) is 17.2. The minimum atomic E-state index is -0.207. The fourth-order valence-electron chi connectivity index (χ4n) is 2.84. The van der Waals surface area contributed by atoms with E-state index in [1.54, 1.807) is 12.0 Å². The Hall–Kier alpha value is -2.35. The standard InChI is InChI=1S/C15H20N4O4/c1-10-14-16-9-11(4-7-21-2)19(14)6-5-18(10)15(20)12-8-13(22-3)17-23-12/h8-10H,4-7H2,1-3H3/t10-/m1/s1. The van der Waals surface area contributed by atoms with E-state index in [0.717, 1.165) is 17.9 Å². The largest absolute Gasteiger partial charge is 0.479 e. The van der Waals surface area contributed by atoms with Gasteiger partial charge in [-0.05, 0) is 12.1 Å². The van der Waals surface area contributed by atoms with Gasteiger partial charge in [-0.2, -0.15) is 0 Å². The van der Waals surface area contributed by atoms with Crippen LogP contribution in [0, 0.1) is 0 Å². The van der Waals surface area contributed by atoms with Crippen LogP contribution in [0.5, 0.6) is 5.88 Å². The van der Waals surface area contributed by atoms with E-state index in [0.29, 0.717) is 25.6 Å². The summed E-state index contributed by atoms with van der Waals surface area (Å²) in [5, 5.41) is 3.68. The maximum atomic E-state index is 12.6. The maximum Gasteiger partial charge on any atom is 0.293 e. The number of rotatable bonds is 5. The zero-order chi connectivity index (χ0) is 16.4. The van der Waals surface area contributed by atoms with Crippen molar-refractivity contribution in [2.24, 2.45) is 0 Å². The quantitative estimate of drug-likeness (QED) is 0.825. The van der Waals surface area contributed by atoms with Crippen molar-refractivity contribution in [3.05, 3.63) is 29.5 Å². The first-order valence-electron chi connectivity index (χ1n) is 7.50. The van der Waals surface area contributed by atoms with Gasteiger partial charge in [0, 0.05) is 38.5 Å². The lowest BCUT2D eigenvalue weighted by Gasteiger charge is -2.33. The van der Waals surface area contributed by atoms with Crippen LogP contribution < -0.4 is 4.74 Å². The van der Waals surface area contributed by atoms with Crippen LogP contribution in [0.3, 0.4) is 0 Å². The summed E-state index contributed by atoms with van der Waals surface area (Å²) in [4.78, 5) is 18.8. The number of ether oxygens (including phenoxy) is 2. The highest BCUT2D eigenvalue weighted by Gasteiger charge is 2.32. The molecule has 8 heteroatoms. The van der Waals surface area contributed by atoms with Crippen LogP contribution in [0.1, 0.15) is 35.0 Å². The Morgan fingerprint density at radius 2 is 2.26 bits per heavy atom. The van der Waals surface area contributed by atoms with Gasteiger partial charge in [0.05, 0.1) is 25.8 Å². The van der Waals surface area contributed by atoms with Crippen LogP contribution in [0.15, 0.2) is 16.8 Å². The van der Waals surface area contributed by atoms with E-state index in [-0.39, 0.29) is 17.7 Å². The summed E-state index contributed by atoms with van der Waals surface area (Å²) in [6.45, 7) is 3.91. The molecular formula is C15H20N4O4. The molecule has 0 saturated carbocycles. The molecular weight excluding hydrogens is 300 g/mol. The van der Waals surface area contributed by atoms with E-state index >= 15 is 0 Å². The first kappa shape index (κ1) is 15.5. The van der Waals surface area contributed by atoms with Crippen molar-refractivity contribution < 1.29 is 18.8 Å². The van der Waals surface area contributed by atoms with E-state index in [1.165, 1.54) is 13.2 Å². The molecule has 0 radical (unpaired) electrons. The second-order valence-electron chi connectivity index (χ2n) is 5.41. The molecule has 0 spiro atoms. The Bertz CT molecular complexity index is 693. The molecule has 23 heavy (non-hydrogen) atoms. The van der Waals surface area contributed by atoms with Gasteiger partial charge in [-0.1, -0.05) is 0 Å². The van der Waals surface area contributed by atoms with E-state index < -0.39 is 0 Å². The second-order valence-corrected chi connectivity index (χ2v) is 5.41. The third-order valence-corrected chi connectivity index (χ3v) is 4.11. The van der Waals surface area contributed by atoms with Gasteiger partial charge in [0.15, 0.2) is 0 Å². The lowest BCUT2D eigenvalue weighted by atomic mass is 10.2. The summed E-state index contributed by atoms with van der Waals surface area (Å²) in [6.07, 6.45) is 2.67. The van der Waals surface area contributed by atoms with Crippen LogP contribution in [0.2, 0.25) is 0 Å². The highest BCUT2D eigenvalue weighted by molar-refractivity contribution is 5.92. The van der Waals surface area contributed by atoms with Gasteiger partial charge in [0.2, 0.25) is 5.76 Å². The summed E-state index contributed by atoms with van der Waals surface area (Å²) in [7, 11) is 3.16. The molecule has 2 aromatic heterocycles. The van der Waals surface area contributed by atoms with E-state index in [1.807, 2.05) is 13.1 Å². The second kappa shape index (κ2) is 6.41. The molecule has 0 aliphatic carbocycles. The molecule has 124 valence electrons. The van der Waals surface area contributed by atoms with Crippen molar-refractivity contribution in [1.82, 2.24) is 19.6 Å². The zero-order valence-corrected chi connectivity index (χ0v) is 13.5. The first-order valence-corrected chi connectivity index (χ1v) is 7.50. The van der Waals surface area contributed by atoms with E-state index in [2.05, 4.69) is 14.7 Å². The van der Waals surface area contributed by atoms with Crippen molar-refractivity contribution >= 4 is 5.91 Å². The molecule has 0 aromatic carbocycles. The average Bonchev–Trinajstić information content (AvgIpc) is 3.20. The zero-order valence-electron chi connectivity index (χ0n) is 13.5. The highest BCUT2D eigenvalue weighted by Crippen LogP contribution is 2.27. The molecule has 0 saturated heterocycles. The molecule has 0 bridgehead atoms. The van der Waals surface area contributed by atoms with Crippen molar-refractivity contribution in [2.45, 2.75) is 25.9 Å². The summed E-state index contributed by atoms with van der Waals surface area (Å²) in [5.74, 6) is 1.14. The van der Waals surface area contributed by atoms with E-state index in [4.69, 9.17) is 14.0 Å². The third-order valence-electron chi connectivity index (χ3n) is 4.11. The number of fused-ring (bicyclic) bond motifs is 1. The predicted octanol–water partition coefficient (Wildman–Crippen LogP) is 1.29. The van der Waals surface area contributed by atoms with Crippen LogP contribution >= 0.6 is 0 Å². The number of aromatic nitrogens is 3. The number of amides is 1. The van der Waals surface area contributed by atoms with Crippen molar-refractivity contribution in [3.63, 3.8) is 0 Å². The summed E-state index contributed by atoms with van der Waals surface area (Å²) >= 11 is 0. The number of carbonyl (C=O) groups excluding carboxylic acids is 1. The Labute approximate surface area is 134 Å². The van der Waals surface area contributed by atoms with Gasteiger partial charge < -0.3 is 23.5 Å². The van der Waals surface area contributed by atoms with Crippen LogP contribution in [-0.4, -0.2) is 52.9 Å². The number of methoxy groups -OCH3 is 2. The van der Waals surface area contributed by atoms with Crippen molar-refractivity contribution in [2.75, 3.05) is 27.4 Å². The lowest BCUT2D eigenvalue weighted by molar-refractivity contribution is 0.0593. The Balaban J connectivity index is 1.79. The van der Waals surface area contributed by atoms with Crippen molar-refractivity contribution in [1.29, 1.82) is 0 Å². The highest BCUT2D eigenvalue weighted by atomic mass is 16.5. The average molecular weight is 320 g/mol. The van der Waals surface area contributed by atoms with Gasteiger partial charge in [0.1, 0.15) is 5.82 Å². The number of carbonyl (C=O) groups is 1. The molecule has 1 aliphatic rings. The fourth-order valence-corrected chi connectivity index (χ4v) is 2.84. The first-order chi connectivity index (χ1) is 11.2. The Morgan fingerprint density at radius 1 is 1.43 bits per heavy atom. The Morgan fingerprint density at radius 3 is 2.96 bits per heavy atom. The van der Waals surface area contributed by atoms with Crippen molar-refractivity contribution in [3.8, 4) is 5.88 Å². The lowest BCUT2D eigenvalue weighted by Crippen LogP contribution is -2.41. The number of imidazole rings is 1. The number of hydrogen-bond donors (Lipinski definition) is 0. The molecule has 0 N–H and O–H groups in total. The monoisotopic (exact) mass is 320 g/mol. The SMILES string of the molecule is COCCc1cnc2n1CCN(C(=O)c1cc(OC)no1)[C@@H]2C. The van der Waals surface area contributed by atoms with Gasteiger partial charge >= 0.3 is 0 Å². The van der Waals surface area contributed by atoms with Gasteiger partial charge in [0.25, 0.3) is 11.8 Å². The van der Waals surface area contributed by atoms with E-state index in [9.17, 15) is 4.79 Å². The molecule has 0 unspecified atom stereocenters. The van der Waals surface area contributed by atoms with Crippen LogP contribution in [0.25, 0.3) is 0 Å². The molecule has 3 heterocycles. The minimum Gasteiger partial charge on any atom is -0.479 e. The van der Waals surface area contributed by atoms with Crippen LogP contribution in [-0.2, 0) is 17.7 Å². The summed E-state index contributed by atoms with van der Waals surface area (Å²) < 4.78 is 17.3. The third kappa shape index (κ3) is 2.81. The maximum absolute atomic E-state index is 12.6.